The van der Waals surface area contributed by atoms with E-state index in [0.29, 0.717) is 37.2 Å². The first-order valence-corrected chi connectivity index (χ1v) is 12.7. The summed E-state index contributed by atoms with van der Waals surface area (Å²) >= 11 is 0. The van der Waals surface area contributed by atoms with E-state index in [9.17, 15) is 9.90 Å². The molecule has 186 valence electrons. The Hall–Kier alpha value is -3.04. The molecule has 9 nitrogen and oxygen atoms in total. The molecule has 1 aliphatic heterocycles. The number of carbonyl (C=O) groups is 1. The van der Waals surface area contributed by atoms with Crippen molar-refractivity contribution in [2.24, 2.45) is 0 Å². The monoisotopic (exact) mass is 477 g/mol. The average molecular weight is 478 g/mol. The average Bonchev–Trinajstić information content (AvgIpc) is 3.27. The van der Waals surface area contributed by atoms with E-state index in [2.05, 4.69) is 25.0 Å². The van der Waals surface area contributed by atoms with Gasteiger partial charge in [-0.1, -0.05) is 19.3 Å². The number of hydrogen-bond acceptors (Lipinski definition) is 7. The number of β-amino-alcohol motifs (C(OH)–C–C–N with tert-alkyl or cyclic N) is 1. The lowest BCUT2D eigenvalue weighted by molar-refractivity contribution is 0.0178. The van der Waals surface area contributed by atoms with E-state index in [0.717, 1.165) is 42.7 Å². The first-order valence-electron chi connectivity index (χ1n) is 12.7. The maximum atomic E-state index is 13.0. The molecular formula is C26H35N7O2. The van der Waals surface area contributed by atoms with Crippen molar-refractivity contribution in [3.8, 4) is 0 Å². The molecule has 0 spiro atoms. The highest BCUT2D eigenvalue weighted by molar-refractivity contribution is 5.94. The third kappa shape index (κ3) is 5.62. The Labute approximate surface area is 206 Å². The first kappa shape index (κ1) is 23.7. The van der Waals surface area contributed by atoms with Gasteiger partial charge in [0, 0.05) is 50.2 Å². The normalized spacial score (nSPS) is 18.2. The quantitative estimate of drug-likeness (QED) is 0.560. The smallest absolute Gasteiger partial charge is 0.253 e. The molecule has 1 saturated carbocycles. The minimum absolute atomic E-state index is 0.0357. The van der Waals surface area contributed by atoms with Gasteiger partial charge in [-0.25, -0.2) is 9.67 Å². The molecule has 0 unspecified atom stereocenters. The number of amides is 1. The van der Waals surface area contributed by atoms with Gasteiger partial charge in [-0.2, -0.15) is 10.1 Å². The van der Waals surface area contributed by atoms with Gasteiger partial charge in [0.25, 0.3) is 5.91 Å². The number of benzene rings is 1. The van der Waals surface area contributed by atoms with Gasteiger partial charge in [0.1, 0.15) is 0 Å². The van der Waals surface area contributed by atoms with Gasteiger partial charge < -0.3 is 15.3 Å². The van der Waals surface area contributed by atoms with E-state index in [4.69, 9.17) is 4.98 Å². The minimum Gasteiger partial charge on any atom is -0.389 e. The summed E-state index contributed by atoms with van der Waals surface area (Å²) in [4.78, 5) is 26.3. The molecule has 1 aliphatic carbocycles. The second kappa shape index (κ2) is 9.91. The van der Waals surface area contributed by atoms with Gasteiger partial charge in [0.15, 0.2) is 5.65 Å². The Morgan fingerprint density at radius 3 is 2.46 bits per heavy atom. The lowest BCUT2D eigenvalue weighted by Gasteiger charge is -2.37. The van der Waals surface area contributed by atoms with Crippen LogP contribution in [0.4, 0.5) is 11.6 Å². The van der Waals surface area contributed by atoms with Crippen molar-refractivity contribution in [2.75, 3.05) is 38.0 Å². The third-order valence-corrected chi connectivity index (χ3v) is 6.91. The number of rotatable bonds is 6. The van der Waals surface area contributed by atoms with Crippen LogP contribution in [0.15, 0.2) is 36.7 Å². The lowest BCUT2D eigenvalue weighted by Crippen LogP contribution is -2.51. The fourth-order valence-corrected chi connectivity index (χ4v) is 5.15. The molecule has 2 aliphatic rings. The van der Waals surface area contributed by atoms with Gasteiger partial charge in [-0.05, 0) is 51.0 Å². The Bertz CT molecular complexity index is 1150. The molecule has 9 heteroatoms. The minimum atomic E-state index is -0.723. The third-order valence-electron chi connectivity index (χ3n) is 6.91. The Kier molecular flexibility index (Phi) is 6.71. The van der Waals surface area contributed by atoms with Gasteiger partial charge in [-0.15, -0.1) is 0 Å². The van der Waals surface area contributed by atoms with Crippen molar-refractivity contribution < 1.29 is 9.90 Å². The molecule has 1 aromatic carbocycles. The molecule has 0 bridgehead atoms. The molecule has 0 radical (unpaired) electrons. The molecule has 2 fully saturated rings. The molecule has 0 atom stereocenters. The van der Waals surface area contributed by atoms with Crippen LogP contribution in [0.3, 0.4) is 0 Å². The highest BCUT2D eigenvalue weighted by Crippen LogP contribution is 2.30. The summed E-state index contributed by atoms with van der Waals surface area (Å²) in [7, 11) is 0. The van der Waals surface area contributed by atoms with Crippen LogP contribution in [-0.2, 0) is 0 Å². The van der Waals surface area contributed by atoms with Crippen LogP contribution in [-0.4, -0.2) is 78.9 Å². The summed E-state index contributed by atoms with van der Waals surface area (Å²) in [5, 5.41) is 18.8. The summed E-state index contributed by atoms with van der Waals surface area (Å²) in [6, 6.07) is 7.89. The summed E-state index contributed by atoms with van der Waals surface area (Å²) in [6.07, 6.45) is 9.73. The second-order valence-corrected chi connectivity index (χ2v) is 10.4. The maximum Gasteiger partial charge on any atom is 0.253 e. The van der Waals surface area contributed by atoms with Crippen molar-refractivity contribution >= 4 is 28.6 Å². The number of nitrogens with one attached hydrogen (secondary N) is 1. The van der Waals surface area contributed by atoms with Gasteiger partial charge in [0.05, 0.1) is 23.2 Å². The van der Waals surface area contributed by atoms with E-state index in [1.807, 2.05) is 55.4 Å². The van der Waals surface area contributed by atoms with Crippen LogP contribution >= 0.6 is 0 Å². The number of aromatic nitrogens is 4. The number of carbonyl (C=O) groups excluding carboxylic acids is 1. The van der Waals surface area contributed by atoms with Crippen LogP contribution in [0.5, 0.6) is 0 Å². The van der Waals surface area contributed by atoms with Gasteiger partial charge in [-0.3, -0.25) is 9.69 Å². The molecular weight excluding hydrogens is 442 g/mol. The number of aliphatic hydroxyl groups is 1. The number of nitrogens with zero attached hydrogens (tertiary/aromatic N) is 6. The summed E-state index contributed by atoms with van der Waals surface area (Å²) in [5.41, 5.74) is 1.64. The molecule has 3 heterocycles. The fraction of sp³-hybridized carbons (Fsp3) is 0.538. The summed E-state index contributed by atoms with van der Waals surface area (Å²) in [6.45, 7) is 7.11. The lowest BCUT2D eigenvalue weighted by atomic mass is 9.96. The van der Waals surface area contributed by atoms with Crippen LogP contribution in [0.1, 0.15) is 62.4 Å². The Morgan fingerprint density at radius 2 is 1.77 bits per heavy atom. The molecule has 35 heavy (non-hydrogen) atoms. The van der Waals surface area contributed by atoms with Crippen LogP contribution in [0.25, 0.3) is 11.0 Å². The first-order chi connectivity index (χ1) is 16.9. The SMILES string of the molecule is CC(C)(O)CN1CCN(C(=O)c2ccc(Nc3ncc4cnn(C5CCCCC5)c4n3)cc2)CC1. The molecule has 5 rings (SSSR count). The van der Waals surface area contributed by atoms with Crippen molar-refractivity contribution in [1.29, 1.82) is 0 Å². The summed E-state index contributed by atoms with van der Waals surface area (Å²) < 4.78 is 2.06. The Morgan fingerprint density at radius 1 is 1.06 bits per heavy atom. The van der Waals surface area contributed by atoms with Crippen LogP contribution < -0.4 is 5.32 Å². The highest BCUT2D eigenvalue weighted by Gasteiger charge is 2.25. The molecule has 3 aromatic rings. The van der Waals surface area contributed by atoms with Gasteiger partial charge >= 0.3 is 0 Å². The number of hydrogen-bond donors (Lipinski definition) is 2. The standard InChI is InChI=1S/C26H35N7O2/c1-26(2,35)18-31-12-14-32(15-13-31)24(34)19-8-10-21(11-9-19)29-25-27-16-20-17-28-33(23(20)30-25)22-6-4-3-5-7-22/h8-11,16-17,22,35H,3-7,12-15,18H2,1-2H3,(H,27,29,30). The zero-order valence-electron chi connectivity index (χ0n) is 20.7. The zero-order chi connectivity index (χ0) is 24.4. The summed E-state index contributed by atoms with van der Waals surface area (Å²) in [5.74, 6) is 0.561. The predicted molar refractivity (Wildman–Crippen MR) is 136 cm³/mol. The molecule has 1 amide bonds. The zero-order valence-corrected chi connectivity index (χ0v) is 20.7. The largest absolute Gasteiger partial charge is 0.389 e. The number of anilines is 2. The van der Waals surface area contributed by atoms with Crippen LogP contribution in [0.2, 0.25) is 0 Å². The van der Waals surface area contributed by atoms with Gasteiger partial charge in [0.2, 0.25) is 5.95 Å². The van der Waals surface area contributed by atoms with E-state index < -0.39 is 5.60 Å². The molecule has 2 aromatic heterocycles. The topological polar surface area (TPSA) is 99.4 Å². The number of piperazine rings is 1. The van der Waals surface area contributed by atoms with Crippen molar-refractivity contribution in [3.63, 3.8) is 0 Å². The Balaban J connectivity index is 1.22. The molecule has 2 N–H and O–H groups in total. The second-order valence-electron chi connectivity index (χ2n) is 10.4. The van der Waals surface area contributed by atoms with Crippen LogP contribution in [0, 0.1) is 0 Å². The predicted octanol–water partition coefficient (Wildman–Crippen LogP) is 3.60. The van der Waals surface area contributed by atoms with E-state index in [-0.39, 0.29) is 5.91 Å². The van der Waals surface area contributed by atoms with E-state index in [1.54, 1.807) is 0 Å². The molecule has 1 saturated heterocycles. The number of fused-ring (bicyclic) bond motifs is 1. The van der Waals surface area contributed by atoms with Crippen molar-refractivity contribution in [1.82, 2.24) is 29.5 Å². The fourth-order valence-electron chi connectivity index (χ4n) is 5.15. The van der Waals surface area contributed by atoms with Crippen molar-refractivity contribution in [3.05, 3.63) is 42.2 Å². The highest BCUT2D eigenvalue weighted by atomic mass is 16.3. The van der Waals surface area contributed by atoms with E-state index in [1.165, 1.54) is 19.3 Å². The maximum absolute atomic E-state index is 13.0. The van der Waals surface area contributed by atoms with Crippen molar-refractivity contribution in [2.45, 2.75) is 57.6 Å². The van der Waals surface area contributed by atoms with E-state index >= 15 is 0 Å².